The summed E-state index contributed by atoms with van der Waals surface area (Å²) in [6.07, 6.45) is -0.847. The van der Waals surface area contributed by atoms with Crippen molar-refractivity contribution in [3.63, 3.8) is 0 Å². The average Bonchev–Trinajstić information content (AvgIpc) is 2.38. The van der Waals surface area contributed by atoms with Crippen LogP contribution in [0.4, 0.5) is 8.78 Å². The van der Waals surface area contributed by atoms with E-state index in [1.807, 2.05) is 32.0 Å². The van der Waals surface area contributed by atoms with E-state index in [2.05, 4.69) is 0 Å². The second-order valence-electron chi connectivity index (χ2n) is 4.78. The lowest BCUT2D eigenvalue weighted by Gasteiger charge is -2.14. The highest BCUT2D eigenvalue weighted by Crippen LogP contribution is 2.20. The highest BCUT2D eigenvalue weighted by atomic mass is 19.1. The van der Waals surface area contributed by atoms with Crippen molar-refractivity contribution in [3.05, 3.63) is 64.7 Å². The Morgan fingerprint density at radius 3 is 2.25 bits per heavy atom. The number of aliphatic hydroxyl groups is 1. The van der Waals surface area contributed by atoms with E-state index >= 15 is 0 Å². The fourth-order valence-electron chi connectivity index (χ4n) is 1.86. The Bertz CT molecular complexity index is 591. The standard InChI is InChI=1S/C16H16F2O2/c1-10-3-4-12(5-11(10)2)16(19)9-20-15-7-13(17)6-14(18)8-15/h3-8,16,19H,9H2,1-2H3. The van der Waals surface area contributed by atoms with Crippen LogP contribution in [0.1, 0.15) is 22.8 Å². The first-order chi connectivity index (χ1) is 9.45. The van der Waals surface area contributed by atoms with Crippen molar-refractivity contribution < 1.29 is 18.6 Å². The molecule has 2 aromatic rings. The summed E-state index contributed by atoms with van der Waals surface area (Å²) < 4.78 is 31.2. The molecule has 0 fully saturated rings. The number of hydrogen-bond donors (Lipinski definition) is 1. The fraction of sp³-hybridized carbons (Fsp3) is 0.250. The monoisotopic (exact) mass is 278 g/mol. The van der Waals surface area contributed by atoms with Crippen molar-refractivity contribution in [2.24, 2.45) is 0 Å². The number of aryl methyl sites for hydroxylation is 2. The Labute approximate surface area is 116 Å². The number of benzene rings is 2. The van der Waals surface area contributed by atoms with E-state index in [1.165, 1.54) is 0 Å². The molecule has 2 nitrogen and oxygen atoms in total. The Morgan fingerprint density at radius 2 is 1.65 bits per heavy atom. The molecule has 1 N–H and O–H groups in total. The van der Waals surface area contributed by atoms with Crippen molar-refractivity contribution in [3.8, 4) is 5.75 Å². The number of hydrogen-bond acceptors (Lipinski definition) is 2. The number of halogens is 2. The molecule has 0 aromatic heterocycles. The Morgan fingerprint density at radius 1 is 1.00 bits per heavy atom. The van der Waals surface area contributed by atoms with Crippen molar-refractivity contribution in [2.45, 2.75) is 20.0 Å². The molecule has 0 spiro atoms. The zero-order valence-corrected chi connectivity index (χ0v) is 11.4. The zero-order chi connectivity index (χ0) is 14.7. The maximum atomic E-state index is 13.0. The van der Waals surface area contributed by atoms with Crippen LogP contribution in [0, 0.1) is 25.5 Å². The summed E-state index contributed by atoms with van der Waals surface area (Å²) in [6.45, 7) is 3.87. The highest BCUT2D eigenvalue weighted by Gasteiger charge is 2.10. The quantitative estimate of drug-likeness (QED) is 0.924. The lowest BCUT2D eigenvalue weighted by molar-refractivity contribution is 0.107. The van der Waals surface area contributed by atoms with E-state index < -0.39 is 17.7 Å². The smallest absolute Gasteiger partial charge is 0.129 e. The van der Waals surface area contributed by atoms with Crippen LogP contribution in [0.5, 0.6) is 5.75 Å². The van der Waals surface area contributed by atoms with Gasteiger partial charge in [0.05, 0.1) is 0 Å². The van der Waals surface area contributed by atoms with E-state index in [9.17, 15) is 13.9 Å². The Kier molecular flexibility index (Phi) is 4.35. The minimum atomic E-state index is -0.847. The molecule has 0 aliphatic heterocycles. The predicted octanol–water partition coefficient (Wildman–Crippen LogP) is 3.69. The molecule has 0 heterocycles. The summed E-state index contributed by atoms with van der Waals surface area (Å²) in [7, 11) is 0. The van der Waals surface area contributed by atoms with Crippen molar-refractivity contribution in [1.82, 2.24) is 0 Å². The highest BCUT2D eigenvalue weighted by molar-refractivity contribution is 5.31. The summed E-state index contributed by atoms with van der Waals surface area (Å²) in [5.41, 5.74) is 2.91. The molecule has 2 rings (SSSR count). The molecule has 0 aliphatic rings. The second-order valence-corrected chi connectivity index (χ2v) is 4.78. The van der Waals surface area contributed by atoms with Gasteiger partial charge >= 0.3 is 0 Å². The van der Waals surface area contributed by atoms with Gasteiger partial charge in [0.2, 0.25) is 0 Å². The first-order valence-corrected chi connectivity index (χ1v) is 6.30. The molecule has 0 radical (unpaired) electrons. The molecule has 106 valence electrons. The average molecular weight is 278 g/mol. The van der Waals surface area contributed by atoms with Crippen molar-refractivity contribution >= 4 is 0 Å². The van der Waals surface area contributed by atoms with Gasteiger partial charge in [-0.25, -0.2) is 8.78 Å². The topological polar surface area (TPSA) is 29.5 Å². The van der Waals surface area contributed by atoms with Gasteiger partial charge in [0, 0.05) is 18.2 Å². The van der Waals surface area contributed by atoms with E-state index in [-0.39, 0.29) is 12.4 Å². The summed E-state index contributed by atoms with van der Waals surface area (Å²) in [6, 6.07) is 8.52. The van der Waals surface area contributed by atoms with Crippen LogP contribution >= 0.6 is 0 Å². The molecule has 0 aliphatic carbocycles. The maximum Gasteiger partial charge on any atom is 0.129 e. The second kappa shape index (κ2) is 6.01. The largest absolute Gasteiger partial charge is 0.490 e. The molecular formula is C16H16F2O2. The van der Waals surface area contributed by atoms with Crippen LogP contribution in [-0.4, -0.2) is 11.7 Å². The molecule has 1 atom stereocenters. The third-order valence-electron chi connectivity index (χ3n) is 3.16. The van der Waals surface area contributed by atoms with Crippen LogP contribution in [0.25, 0.3) is 0 Å². The molecular weight excluding hydrogens is 262 g/mol. The van der Waals surface area contributed by atoms with Gasteiger partial charge in [-0.15, -0.1) is 0 Å². The molecule has 20 heavy (non-hydrogen) atoms. The zero-order valence-electron chi connectivity index (χ0n) is 11.4. The van der Waals surface area contributed by atoms with Gasteiger partial charge in [0.25, 0.3) is 0 Å². The van der Waals surface area contributed by atoms with Gasteiger partial charge in [-0.2, -0.15) is 0 Å². The van der Waals surface area contributed by atoms with Crippen molar-refractivity contribution in [1.29, 1.82) is 0 Å². The van der Waals surface area contributed by atoms with Gasteiger partial charge in [0.15, 0.2) is 0 Å². The molecule has 0 bridgehead atoms. The molecule has 0 saturated heterocycles. The predicted molar refractivity (Wildman–Crippen MR) is 72.7 cm³/mol. The van der Waals surface area contributed by atoms with E-state index in [4.69, 9.17) is 4.74 Å². The molecule has 0 saturated carbocycles. The van der Waals surface area contributed by atoms with Gasteiger partial charge in [-0.3, -0.25) is 0 Å². The van der Waals surface area contributed by atoms with Crippen LogP contribution in [0.2, 0.25) is 0 Å². The molecule has 4 heteroatoms. The van der Waals surface area contributed by atoms with Crippen LogP contribution < -0.4 is 4.74 Å². The minimum Gasteiger partial charge on any atom is -0.490 e. The first-order valence-electron chi connectivity index (χ1n) is 6.30. The normalized spacial score (nSPS) is 12.2. The summed E-state index contributed by atoms with van der Waals surface area (Å²) >= 11 is 0. The number of aliphatic hydroxyl groups excluding tert-OH is 1. The maximum absolute atomic E-state index is 13.0. The Balaban J connectivity index is 2.04. The van der Waals surface area contributed by atoms with Gasteiger partial charge < -0.3 is 9.84 Å². The lowest BCUT2D eigenvalue weighted by Crippen LogP contribution is -2.10. The first kappa shape index (κ1) is 14.5. The minimum absolute atomic E-state index is 0.0605. The van der Waals surface area contributed by atoms with Crippen LogP contribution in [0.3, 0.4) is 0 Å². The third kappa shape index (κ3) is 3.54. The Hall–Kier alpha value is -1.94. The molecule has 0 amide bonds. The molecule has 1 unspecified atom stereocenters. The number of rotatable bonds is 4. The summed E-state index contributed by atoms with van der Waals surface area (Å²) in [4.78, 5) is 0. The fourth-order valence-corrected chi connectivity index (χ4v) is 1.86. The van der Waals surface area contributed by atoms with E-state index in [1.54, 1.807) is 0 Å². The van der Waals surface area contributed by atoms with Gasteiger partial charge in [0.1, 0.15) is 30.1 Å². The summed E-state index contributed by atoms with van der Waals surface area (Å²) in [5, 5.41) is 10.0. The third-order valence-corrected chi connectivity index (χ3v) is 3.16. The van der Waals surface area contributed by atoms with Crippen LogP contribution in [0.15, 0.2) is 36.4 Å². The van der Waals surface area contributed by atoms with Gasteiger partial charge in [-0.1, -0.05) is 18.2 Å². The van der Waals surface area contributed by atoms with E-state index in [0.29, 0.717) is 5.56 Å². The summed E-state index contributed by atoms with van der Waals surface area (Å²) in [5.74, 6) is -1.35. The van der Waals surface area contributed by atoms with Gasteiger partial charge in [-0.05, 0) is 30.5 Å². The lowest BCUT2D eigenvalue weighted by atomic mass is 10.0. The van der Waals surface area contributed by atoms with Crippen molar-refractivity contribution in [2.75, 3.05) is 6.61 Å². The van der Waals surface area contributed by atoms with Crippen LogP contribution in [-0.2, 0) is 0 Å². The number of ether oxygens (including phenoxy) is 1. The molecule has 2 aromatic carbocycles. The van der Waals surface area contributed by atoms with E-state index in [0.717, 1.165) is 29.3 Å². The SMILES string of the molecule is Cc1ccc(C(O)COc2cc(F)cc(F)c2)cc1C.